The van der Waals surface area contributed by atoms with Crippen LogP contribution in [0.15, 0.2) is 45.3 Å². The fraction of sp³-hybridized carbons (Fsp3) is 0.0714. The highest BCUT2D eigenvalue weighted by atomic mass is 79.9. The molecule has 1 amide bonds. The Balaban J connectivity index is 2.25. The van der Waals surface area contributed by atoms with E-state index in [9.17, 15) is 4.79 Å². The first-order chi connectivity index (χ1) is 8.97. The normalized spacial score (nSPS) is 10.3. The van der Waals surface area contributed by atoms with Crippen molar-refractivity contribution in [2.45, 2.75) is 6.92 Å². The van der Waals surface area contributed by atoms with Crippen molar-refractivity contribution in [3.63, 3.8) is 0 Å². The number of carbonyl (C=O) groups excluding carboxylic acids is 1. The number of halogens is 3. The van der Waals surface area contributed by atoms with Crippen LogP contribution in [0.1, 0.15) is 15.9 Å². The Hall–Kier alpha value is -0.840. The van der Waals surface area contributed by atoms with Crippen LogP contribution in [0, 0.1) is 6.92 Å². The zero-order valence-electron chi connectivity index (χ0n) is 10.0. The van der Waals surface area contributed by atoms with Gasteiger partial charge in [0.05, 0.1) is 10.6 Å². The third-order valence-electron chi connectivity index (χ3n) is 2.61. The Morgan fingerprint density at radius 1 is 1.11 bits per heavy atom. The molecule has 5 heteroatoms. The maximum absolute atomic E-state index is 12.2. The first-order valence-electron chi connectivity index (χ1n) is 5.50. The smallest absolute Gasteiger partial charge is 0.257 e. The maximum atomic E-state index is 12.2. The van der Waals surface area contributed by atoms with Crippen LogP contribution in [0.25, 0.3) is 0 Å². The van der Waals surface area contributed by atoms with E-state index in [1.165, 1.54) is 0 Å². The van der Waals surface area contributed by atoms with E-state index in [2.05, 4.69) is 37.2 Å². The molecule has 0 aromatic heterocycles. The minimum atomic E-state index is -0.220. The second-order valence-corrected chi connectivity index (χ2v) is 6.28. The Bertz CT molecular complexity index is 643. The number of anilines is 1. The molecule has 2 aromatic rings. The van der Waals surface area contributed by atoms with Crippen molar-refractivity contribution in [1.82, 2.24) is 0 Å². The molecule has 2 nitrogen and oxygen atoms in total. The zero-order chi connectivity index (χ0) is 14.0. The first kappa shape index (κ1) is 14.6. The number of nitrogens with one attached hydrogen (secondary N) is 1. The van der Waals surface area contributed by atoms with Crippen LogP contribution in [0.2, 0.25) is 5.02 Å². The lowest BCUT2D eigenvalue weighted by Crippen LogP contribution is -2.13. The fourth-order valence-corrected chi connectivity index (χ4v) is 2.87. The second kappa shape index (κ2) is 6.07. The molecule has 0 radical (unpaired) electrons. The number of benzene rings is 2. The molecule has 0 bridgehead atoms. The van der Waals surface area contributed by atoms with Crippen molar-refractivity contribution < 1.29 is 4.79 Å². The SMILES string of the molecule is Cc1cc(Br)ccc1NC(=O)c1ccc(Br)cc1Cl. The molecule has 0 fully saturated rings. The van der Waals surface area contributed by atoms with Gasteiger partial charge in [0, 0.05) is 14.6 Å². The summed E-state index contributed by atoms with van der Waals surface area (Å²) >= 11 is 12.8. The minimum absolute atomic E-state index is 0.220. The van der Waals surface area contributed by atoms with Gasteiger partial charge in [-0.25, -0.2) is 0 Å². The largest absolute Gasteiger partial charge is 0.322 e. The van der Waals surface area contributed by atoms with Gasteiger partial charge in [-0.1, -0.05) is 43.5 Å². The summed E-state index contributed by atoms with van der Waals surface area (Å²) in [4.78, 5) is 12.2. The Kier molecular flexibility index (Phi) is 4.66. The van der Waals surface area contributed by atoms with Crippen LogP contribution in [0.3, 0.4) is 0 Å². The molecule has 0 saturated carbocycles. The van der Waals surface area contributed by atoms with Crippen molar-refractivity contribution >= 4 is 55.1 Å². The predicted molar refractivity (Wildman–Crippen MR) is 86.0 cm³/mol. The zero-order valence-corrected chi connectivity index (χ0v) is 13.9. The van der Waals surface area contributed by atoms with Gasteiger partial charge in [-0.05, 0) is 48.9 Å². The fourth-order valence-electron chi connectivity index (χ4n) is 1.63. The Morgan fingerprint density at radius 3 is 2.37 bits per heavy atom. The van der Waals surface area contributed by atoms with Crippen LogP contribution in [0.5, 0.6) is 0 Å². The molecular formula is C14H10Br2ClNO. The van der Waals surface area contributed by atoms with Gasteiger partial charge < -0.3 is 5.32 Å². The lowest BCUT2D eigenvalue weighted by Gasteiger charge is -2.10. The van der Waals surface area contributed by atoms with E-state index >= 15 is 0 Å². The molecule has 0 unspecified atom stereocenters. The highest BCUT2D eigenvalue weighted by Gasteiger charge is 2.11. The Labute approximate surface area is 133 Å². The van der Waals surface area contributed by atoms with Crippen LogP contribution < -0.4 is 5.32 Å². The van der Waals surface area contributed by atoms with Crippen molar-refractivity contribution in [3.05, 3.63) is 61.5 Å². The van der Waals surface area contributed by atoms with Gasteiger partial charge >= 0.3 is 0 Å². The minimum Gasteiger partial charge on any atom is -0.322 e. The number of aryl methyl sites for hydroxylation is 1. The molecular weight excluding hydrogens is 393 g/mol. The number of carbonyl (C=O) groups is 1. The molecule has 1 N–H and O–H groups in total. The average Bonchev–Trinajstić information content (AvgIpc) is 2.32. The average molecular weight is 404 g/mol. The molecule has 0 heterocycles. The summed E-state index contributed by atoms with van der Waals surface area (Å²) in [6, 6.07) is 10.9. The van der Waals surface area contributed by atoms with Crippen LogP contribution in [0.4, 0.5) is 5.69 Å². The maximum Gasteiger partial charge on any atom is 0.257 e. The number of hydrogen-bond acceptors (Lipinski definition) is 1. The molecule has 0 aliphatic carbocycles. The van der Waals surface area contributed by atoms with Crippen molar-refractivity contribution in [1.29, 1.82) is 0 Å². The summed E-state index contributed by atoms with van der Waals surface area (Å²) < 4.78 is 1.82. The van der Waals surface area contributed by atoms with Crippen LogP contribution >= 0.6 is 43.5 Å². The molecule has 0 atom stereocenters. The number of rotatable bonds is 2. The van der Waals surface area contributed by atoms with E-state index in [0.29, 0.717) is 10.6 Å². The number of amides is 1. The summed E-state index contributed by atoms with van der Waals surface area (Å²) in [5.74, 6) is -0.220. The van der Waals surface area contributed by atoms with Gasteiger partial charge in [0.15, 0.2) is 0 Å². The van der Waals surface area contributed by atoms with Gasteiger partial charge in [-0.15, -0.1) is 0 Å². The first-order valence-corrected chi connectivity index (χ1v) is 7.46. The predicted octanol–water partition coefficient (Wildman–Crippen LogP) is 5.43. The molecule has 0 spiro atoms. The highest BCUT2D eigenvalue weighted by molar-refractivity contribution is 9.10. The molecule has 2 aromatic carbocycles. The number of hydrogen-bond donors (Lipinski definition) is 1. The molecule has 98 valence electrons. The van der Waals surface area contributed by atoms with Gasteiger partial charge in [0.2, 0.25) is 0 Å². The van der Waals surface area contributed by atoms with Gasteiger partial charge in [0.25, 0.3) is 5.91 Å². The van der Waals surface area contributed by atoms with Gasteiger partial charge in [-0.2, -0.15) is 0 Å². The Morgan fingerprint density at radius 2 is 1.74 bits per heavy atom. The highest BCUT2D eigenvalue weighted by Crippen LogP contribution is 2.24. The molecule has 0 saturated heterocycles. The molecule has 2 rings (SSSR count). The van der Waals surface area contributed by atoms with Crippen molar-refractivity contribution in [3.8, 4) is 0 Å². The summed E-state index contributed by atoms with van der Waals surface area (Å²) in [5, 5.41) is 3.27. The second-order valence-electron chi connectivity index (χ2n) is 4.04. The van der Waals surface area contributed by atoms with Crippen molar-refractivity contribution in [2.75, 3.05) is 5.32 Å². The van der Waals surface area contributed by atoms with Crippen molar-refractivity contribution in [2.24, 2.45) is 0 Å². The summed E-state index contributed by atoms with van der Waals surface area (Å²) in [5.41, 5.74) is 2.20. The lowest BCUT2D eigenvalue weighted by molar-refractivity contribution is 0.102. The third kappa shape index (κ3) is 3.59. The van der Waals surface area contributed by atoms with E-state index in [4.69, 9.17) is 11.6 Å². The third-order valence-corrected chi connectivity index (χ3v) is 3.91. The molecule has 0 aliphatic heterocycles. The van der Waals surface area contributed by atoms with E-state index in [1.807, 2.05) is 25.1 Å². The monoisotopic (exact) mass is 401 g/mol. The standard InChI is InChI=1S/C14H10Br2ClNO/c1-8-6-9(15)3-5-13(8)18-14(19)11-4-2-10(16)7-12(11)17/h2-7H,1H3,(H,18,19). The summed E-state index contributed by atoms with van der Waals surface area (Å²) in [7, 11) is 0. The molecule has 0 aliphatic rings. The van der Waals surface area contributed by atoms with Gasteiger partial charge in [0.1, 0.15) is 0 Å². The summed E-state index contributed by atoms with van der Waals surface area (Å²) in [6.07, 6.45) is 0. The van der Waals surface area contributed by atoms with E-state index in [-0.39, 0.29) is 5.91 Å². The van der Waals surface area contributed by atoms with E-state index in [1.54, 1.807) is 18.2 Å². The van der Waals surface area contributed by atoms with Gasteiger partial charge in [-0.3, -0.25) is 4.79 Å². The van der Waals surface area contributed by atoms with Crippen LogP contribution in [-0.2, 0) is 0 Å². The van der Waals surface area contributed by atoms with Crippen LogP contribution in [-0.4, -0.2) is 5.91 Å². The topological polar surface area (TPSA) is 29.1 Å². The molecule has 19 heavy (non-hydrogen) atoms. The van der Waals surface area contributed by atoms with E-state index < -0.39 is 0 Å². The summed E-state index contributed by atoms with van der Waals surface area (Å²) in [6.45, 7) is 1.93. The van der Waals surface area contributed by atoms with E-state index in [0.717, 1.165) is 20.2 Å². The quantitative estimate of drug-likeness (QED) is 0.712. The lowest BCUT2D eigenvalue weighted by atomic mass is 10.1.